The van der Waals surface area contributed by atoms with Gasteiger partial charge in [-0.1, -0.05) is 26.0 Å². The van der Waals surface area contributed by atoms with Gasteiger partial charge in [0.05, 0.1) is 19.3 Å². The lowest BCUT2D eigenvalue weighted by molar-refractivity contribution is 0.207. The lowest BCUT2D eigenvalue weighted by Crippen LogP contribution is -2.44. The van der Waals surface area contributed by atoms with Crippen LogP contribution in [0, 0.1) is 5.92 Å². The van der Waals surface area contributed by atoms with Gasteiger partial charge in [-0.2, -0.15) is 0 Å². The SMILES string of the molecule is CC(C)CC(CO)NC(=O)NCCc1ccc2c(c1)CCO2. The van der Waals surface area contributed by atoms with Crippen LogP contribution in [0.5, 0.6) is 5.75 Å². The van der Waals surface area contributed by atoms with E-state index in [4.69, 9.17) is 4.74 Å². The molecule has 122 valence electrons. The maximum atomic E-state index is 11.8. The van der Waals surface area contributed by atoms with E-state index in [2.05, 4.69) is 30.5 Å². The number of aliphatic hydroxyl groups is 1. The number of carbonyl (C=O) groups excluding carboxylic acids is 1. The zero-order chi connectivity index (χ0) is 15.9. The zero-order valence-electron chi connectivity index (χ0n) is 13.4. The minimum Gasteiger partial charge on any atom is -0.493 e. The van der Waals surface area contributed by atoms with Gasteiger partial charge < -0.3 is 20.5 Å². The van der Waals surface area contributed by atoms with Gasteiger partial charge in [-0.3, -0.25) is 0 Å². The molecule has 1 heterocycles. The number of nitrogens with one attached hydrogen (secondary N) is 2. The van der Waals surface area contributed by atoms with Crippen LogP contribution < -0.4 is 15.4 Å². The predicted octanol–water partition coefficient (Wildman–Crippen LogP) is 1.87. The van der Waals surface area contributed by atoms with Gasteiger partial charge in [0, 0.05) is 13.0 Å². The molecule has 0 saturated heterocycles. The van der Waals surface area contributed by atoms with Crippen molar-refractivity contribution in [1.29, 1.82) is 0 Å². The number of carbonyl (C=O) groups is 1. The van der Waals surface area contributed by atoms with Gasteiger partial charge in [0.1, 0.15) is 5.75 Å². The van der Waals surface area contributed by atoms with Crippen molar-refractivity contribution in [2.24, 2.45) is 5.92 Å². The molecular weight excluding hydrogens is 280 g/mol. The molecule has 1 aliphatic rings. The Labute approximate surface area is 132 Å². The summed E-state index contributed by atoms with van der Waals surface area (Å²) in [5.74, 6) is 1.42. The summed E-state index contributed by atoms with van der Waals surface area (Å²) in [5, 5.41) is 14.9. The highest BCUT2D eigenvalue weighted by molar-refractivity contribution is 5.74. The Morgan fingerprint density at radius 2 is 2.23 bits per heavy atom. The number of ether oxygens (including phenoxy) is 1. The molecule has 0 bridgehead atoms. The minimum atomic E-state index is -0.218. The van der Waals surface area contributed by atoms with E-state index >= 15 is 0 Å². The molecule has 2 rings (SSSR count). The molecule has 0 fully saturated rings. The zero-order valence-corrected chi connectivity index (χ0v) is 13.4. The second-order valence-electron chi connectivity index (χ2n) is 6.20. The lowest BCUT2D eigenvalue weighted by Gasteiger charge is -2.18. The Balaban J connectivity index is 1.72. The van der Waals surface area contributed by atoms with Crippen molar-refractivity contribution in [1.82, 2.24) is 10.6 Å². The van der Waals surface area contributed by atoms with E-state index in [1.807, 2.05) is 12.1 Å². The summed E-state index contributed by atoms with van der Waals surface area (Å²) >= 11 is 0. The van der Waals surface area contributed by atoms with Gasteiger partial charge in [-0.15, -0.1) is 0 Å². The molecule has 1 aromatic rings. The van der Waals surface area contributed by atoms with E-state index < -0.39 is 0 Å². The molecule has 0 aliphatic carbocycles. The fourth-order valence-corrected chi connectivity index (χ4v) is 2.70. The summed E-state index contributed by atoms with van der Waals surface area (Å²) in [7, 11) is 0. The van der Waals surface area contributed by atoms with E-state index in [1.165, 1.54) is 11.1 Å². The van der Waals surface area contributed by atoms with Crippen LogP contribution in [0.15, 0.2) is 18.2 Å². The molecule has 0 radical (unpaired) electrons. The Kier molecular flexibility index (Phi) is 6.07. The van der Waals surface area contributed by atoms with E-state index in [-0.39, 0.29) is 18.7 Å². The summed E-state index contributed by atoms with van der Waals surface area (Å²) in [5.41, 5.74) is 2.45. The third kappa shape index (κ3) is 4.91. The van der Waals surface area contributed by atoms with E-state index in [1.54, 1.807) is 0 Å². The summed E-state index contributed by atoms with van der Waals surface area (Å²) in [6.07, 6.45) is 2.52. The van der Waals surface area contributed by atoms with Crippen molar-refractivity contribution in [2.75, 3.05) is 19.8 Å². The third-order valence-electron chi connectivity index (χ3n) is 3.76. The van der Waals surface area contributed by atoms with Gasteiger partial charge in [0.25, 0.3) is 0 Å². The van der Waals surface area contributed by atoms with Crippen molar-refractivity contribution < 1.29 is 14.6 Å². The van der Waals surface area contributed by atoms with E-state index in [0.717, 1.165) is 31.6 Å². The largest absolute Gasteiger partial charge is 0.493 e. The Bertz CT molecular complexity index is 503. The van der Waals surface area contributed by atoms with Crippen LogP contribution in [-0.4, -0.2) is 36.9 Å². The number of benzene rings is 1. The summed E-state index contributed by atoms with van der Waals surface area (Å²) in [4.78, 5) is 11.8. The highest BCUT2D eigenvalue weighted by Crippen LogP contribution is 2.25. The number of hydrogen-bond acceptors (Lipinski definition) is 3. The van der Waals surface area contributed by atoms with Gasteiger partial charge in [0.2, 0.25) is 0 Å². The molecule has 2 amide bonds. The predicted molar refractivity (Wildman–Crippen MR) is 86.2 cm³/mol. The second-order valence-corrected chi connectivity index (χ2v) is 6.20. The third-order valence-corrected chi connectivity index (χ3v) is 3.76. The molecule has 0 spiro atoms. The summed E-state index contributed by atoms with van der Waals surface area (Å²) in [6.45, 7) is 5.44. The number of urea groups is 1. The molecule has 1 aliphatic heterocycles. The fraction of sp³-hybridized carbons (Fsp3) is 0.588. The molecule has 5 heteroatoms. The molecule has 1 unspecified atom stereocenters. The molecule has 0 aromatic heterocycles. The van der Waals surface area contributed by atoms with E-state index in [0.29, 0.717) is 12.5 Å². The smallest absolute Gasteiger partial charge is 0.315 e. The van der Waals surface area contributed by atoms with Crippen LogP contribution in [0.1, 0.15) is 31.4 Å². The van der Waals surface area contributed by atoms with Crippen LogP contribution in [0.2, 0.25) is 0 Å². The van der Waals surface area contributed by atoms with Crippen molar-refractivity contribution in [3.63, 3.8) is 0 Å². The molecular formula is C17H26N2O3. The first-order valence-electron chi connectivity index (χ1n) is 7.98. The molecule has 5 nitrogen and oxygen atoms in total. The molecule has 1 aromatic carbocycles. The van der Waals surface area contributed by atoms with Crippen molar-refractivity contribution in [3.8, 4) is 5.75 Å². The molecule has 22 heavy (non-hydrogen) atoms. The Morgan fingerprint density at radius 3 is 2.95 bits per heavy atom. The number of hydrogen-bond donors (Lipinski definition) is 3. The first-order valence-corrected chi connectivity index (χ1v) is 7.98. The highest BCUT2D eigenvalue weighted by Gasteiger charge is 2.13. The first-order chi connectivity index (χ1) is 10.6. The van der Waals surface area contributed by atoms with Gasteiger partial charge in [-0.05, 0) is 36.0 Å². The lowest BCUT2D eigenvalue weighted by atomic mass is 10.0. The first kappa shape index (κ1) is 16.6. The monoisotopic (exact) mass is 306 g/mol. The molecule has 1 atom stereocenters. The fourth-order valence-electron chi connectivity index (χ4n) is 2.70. The maximum absolute atomic E-state index is 11.8. The normalized spacial score (nSPS) is 14.4. The van der Waals surface area contributed by atoms with Gasteiger partial charge in [0.15, 0.2) is 0 Å². The number of rotatable bonds is 7. The topological polar surface area (TPSA) is 70.6 Å². The number of amides is 2. The van der Waals surface area contributed by atoms with E-state index in [9.17, 15) is 9.90 Å². The number of aliphatic hydroxyl groups excluding tert-OH is 1. The van der Waals surface area contributed by atoms with Crippen molar-refractivity contribution in [3.05, 3.63) is 29.3 Å². The Hall–Kier alpha value is -1.75. The van der Waals surface area contributed by atoms with Crippen LogP contribution in [0.3, 0.4) is 0 Å². The molecule has 3 N–H and O–H groups in total. The van der Waals surface area contributed by atoms with Crippen LogP contribution in [0.25, 0.3) is 0 Å². The quantitative estimate of drug-likeness (QED) is 0.720. The summed E-state index contributed by atoms with van der Waals surface area (Å²) in [6, 6.07) is 5.79. The van der Waals surface area contributed by atoms with Crippen molar-refractivity contribution in [2.45, 2.75) is 39.2 Å². The van der Waals surface area contributed by atoms with Gasteiger partial charge in [-0.25, -0.2) is 4.79 Å². The standard InChI is InChI=1S/C17H26N2O3/c1-12(2)9-15(11-20)19-17(21)18-7-5-13-3-4-16-14(10-13)6-8-22-16/h3-4,10,12,15,20H,5-9,11H2,1-2H3,(H2,18,19,21). The van der Waals surface area contributed by atoms with Gasteiger partial charge >= 0.3 is 6.03 Å². The van der Waals surface area contributed by atoms with Crippen LogP contribution in [-0.2, 0) is 12.8 Å². The highest BCUT2D eigenvalue weighted by atomic mass is 16.5. The maximum Gasteiger partial charge on any atom is 0.315 e. The second kappa shape index (κ2) is 8.03. The van der Waals surface area contributed by atoms with Crippen LogP contribution >= 0.6 is 0 Å². The molecule has 0 saturated carbocycles. The Morgan fingerprint density at radius 1 is 1.41 bits per heavy atom. The average Bonchev–Trinajstić information content (AvgIpc) is 2.93. The number of fused-ring (bicyclic) bond motifs is 1. The minimum absolute atomic E-state index is 0.0313. The van der Waals surface area contributed by atoms with Crippen molar-refractivity contribution >= 4 is 6.03 Å². The van der Waals surface area contributed by atoms with Crippen LogP contribution in [0.4, 0.5) is 4.79 Å². The average molecular weight is 306 g/mol. The summed E-state index contributed by atoms with van der Waals surface area (Å²) < 4.78 is 5.48.